The van der Waals surface area contributed by atoms with Crippen molar-refractivity contribution >= 4 is 5.78 Å². The maximum Gasteiger partial charge on any atom is 0.140 e. The molecule has 0 radical (unpaired) electrons. The van der Waals surface area contributed by atoms with E-state index in [1.165, 1.54) is 6.42 Å². The molecule has 2 saturated carbocycles. The van der Waals surface area contributed by atoms with Crippen molar-refractivity contribution in [1.29, 1.82) is 0 Å². The number of Topliss-reactive ketones (excluding diaryl/α,β-unsaturated/α-hetero) is 1. The van der Waals surface area contributed by atoms with Crippen molar-refractivity contribution in [1.82, 2.24) is 0 Å². The fraction of sp³-hybridized carbons (Fsp3) is 0.917. The third-order valence-electron chi connectivity index (χ3n) is 4.97. The predicted molar refractivity (Wildman–Crippen MR) is 53.4 cm³/mol. The zero-order chi connectivity index (χ0) is 9.85. The van der Waals surface area contributed by atoms with E-state index in [0.717, 1.165) is 12.8 Å². The fourth-order valence-electron chi connectivity index (χ4n) is 4.07. The standard InChI is InChI=1S/C12H20O/c1-8(2)12-6-5-9(7-10(12)13)11(12,3)4/h8-9H,5-7H2,1-4H3/t9-,12-/m0/s1. The van der Waals surface area contributed by atoms with Gasteiger partial charge in [-0.05, 0) is 30.1 Å². The van der Waals surface area contributed by atoms with Crippen LogP contribution in [0.5, 0.6) is 0 Å². The number of hydrogen-bond acceptors (Lipinski definition) is 1. The van der Waals surface area contributed by atoms with E-state index in [2.05, 4.69) is 27.7 Å². The fourth-order valence-corrected chi connectivity index (χ4v) is 4.07. The van der Waals surface area contributed by atoms with Gasteiger partial charge in [-0.1, -0.05) is 27.7 Å². The molecule has 13 heavy (non-hydrogen) atoms. The quantitative estimate of drug-likeness (QED) is 0.606. The highest BCUT2D eigenvalue weighted by molar-refractivity contribution is 5.89. The molecular weight excluding hydrogens is 160 g/mol. The van der Waals surface area contributed by atoms with Crippen LogP contribution in [0.4, 0.5) is 0 Å². The van der Waals surface area contributed by atoms with Crippen LogP contribution >= 0.6 is 0 Å². The second kappa shape index (κ2) is 2.37. The predicted octanol–water partition coefficient (Wildman–Crippen LogP) is 3.04. The molecule has 0 aliphatic heterocycles. The lowest BCUT2D eigenvalue weighted by Gasteiger charge is -2.40. The molecule has 0 unspecified atom stereocenters. The lowest BCUT2D eigenvalue weighted by atomic mass is 9.62. The van der Waals surface area contributed by atoms with E-state index in [1.807, 2.05) is 0 Å². The molecule has 1 heteroatoms. The van der Waals surface area contributed by atoms with Crippen LogP contribution in [0.2, 0.25) is 0 Å². The number of ketones is 1. The monoisotopic (exact) mass is 180 g/mol. The summed E-state index contributed by atoms with van der Waals surface area (Å²) < 4.78 is 0. The van der Waals surface area contributed by atoms with Crippen LogP contribution < -0.4 is 0 Å². The van der Waals surface area contributed by atoms with Gasteiger partial charge in [0.15, 0.2) is 0 Å². The Kier molecular flexibility index (Phi) is 1.68. The number of fused-ring (bicyclic) bond motifs is 2. The van der Waals surface area contributed by atoms with Gasteiger partial charge in [-0.15, -0.1) is 0 Å². The summed E-state index contributed by atoms with van der Waals surface area (Å²) in [5, 5.41) is 0. The summed E-state index contributed by atoms with van der Waals surface area (Å²) in [6.45, 7) is 9.03. The number of carbonyl (C=O) groups excluding carboxylic acids is 1. The molecule has 0 saturated heterocycles. The van der Waals surface area contributed by atoms with E-state index >= 15 is 0 Å². The van der Waals surface area contributed by atoms with E-state index in [9.17, 15) is 4.79 Å². The molecule has 2 aliphatic carbocycles. The first-order valence-corrected chi connectivity index (χ1v) is 5.46. The minimum atomic E-state index is 0.0255. The molecule has 0 aromatic carbocycles. The summed E-state index contributed by atoms with van der Waals surface area (Å²) in [6.07, 6.45) is 3.27. The van der Waals surface area contributed by atoms with Crippen molar-refractivity contribution in [2.24, 2.45) is 22.7 Å². The molecule has 0 aromatic heterocycles. The third-order valence-corrected chi connectivity index (χ3v) is 4.97. The van der Waals surface area contributed by atoms with Crippen LogP contribution in [0.15, 0.2) is 0 Å². The smallest absolute Gasteiger partial charge is 0.140 e. The van der Waals surface area contributed by atoms with Crippen molar-refractivity contribution in [2.45, 2.75) is 47.0 Å². The van der Waals surface area contributed by atoms with Gasteiger partial charge < -0.3 is 0 Å². The SMILES string of the molecule is CC(C)[C@@]12CC[C@@H](CC1=O)C2(C)C. The first-order valence-electron chi connectivity index (χ1n) is 5.46. The van der Waals surface area contributed by atoms with Crippen molar-refractivity contribution in [3.8, 4) is 0 Å². The first-order chi connectivity index (χ1) is 5.93. The van der Waals surface area contributed by atoms with E-state index < -0.39 is 0 Å². The Hall–Kier alpha value is -0.330. The highest BCUT2D eigenvalue weighted by Gasteiger charge is 2.64. The minimum Gasteiger partial charge on any atom is -0.299 e. The van der Waals surface area contributed by atoms with Crippen LogP contribution in [-0.4, -0.2) is 5.78 Å². The van der Waals surface area contributed by atoms with Gasteiger partial charge >= 0.3 is 0 Å². The Balaban J connectivity index is 2.49. The Morgan fingerprint density at radius 1 is 1.38 bits per heavy atom. The summed E-state index contributed by atoms with van der Waals surface area (Å²) in [4.78, 5) is 12.0. The zero-order valence-electron chi connectivity index (χ0n) is 9.18. The second-order valence-electron chi connectivity index (χ2n) is 5.71. The number of rotatable bonds is 1. The second-order valence-corrected chi connectivity index (χ2v) is 5.71. The zero-order valence-corrected chi connectivity index (χ0v) is 9.18. The Morgan fingerprint density at radius 2 is 2.00 bits per heavy atom. The Labute approximate surface area is 80.9 Å². The Bertz CT molecular complexity index is 252. The molecular formula is C12H20O. The van der Waals surface area contributed by atoms with Gasteiger partial charge in [0.25, 0.3) is 0 Å². The Morgan fingerprint density at radius 3 is 2.23 bits per heavy atom. The molecule has 2 rings (SSSR count). The molecule has 0 amide bonds. The topological polar surface area (TPSA) is 17.1 Å². The van der Waals surface area contributed by atoms with E-state index in [1.54, 1.807) is 0 Å². The van der Waals surface area contributed by atoms with E-state index in [-0.39, 0.29) is 10.8 Å². The van der Waals surface area contributed by atoms with E-state index in [0.29, 0.717) is 17.6 Å². The first kappa shape index (κ1) is 9.23. The van der Waals surface area contributed by atoms with E-state index in [4.69, 9.17) is 0 Å². The van der Waals surface area contributed by atoms with Gasteiger partial charge in [0.1, 0.15) is 5.78 Å². The van der Waals surface area contributed by atoms with Gasteiger partial charge in [-0.25, -0.2) is 0 Å². The van der Waals surface area contributed by atoms with Crippen LogP contribution in [0.1, 0.15) is 47.0 Å². The summed E-state index contributed by atoms with van der Waals surface area (Å²) in [7, 11) is 0. The van der Waals surface area contributed by atoms with Crippen molar-refractivity contribution in [3.63, 3.8) is 0 Å². The average molecular weight is 180 g/mol. The average Bonchev–Trinajstić information content (AvgIpc) is 2.35. The molecule has 74 valence electrons. The molecule has 0 heterocycles. The van der Waals surface area contributed by atoms with Gasteiger partial charge in [0.2, 0.25) is 0 Å². The summed E-state index contributed by atoms with van der Waals surface area (Å²) in [6, 6.07) is 0. The van der Waals surface area contributed by atoms with Crippen LogP contribution in [-0.2, 0) is 4.79 Å². The maximum atomic E-state index is 12.0. The number of hydrogen-bond donors (Lipinski definition) is 0. The number of carbonyl (C=O) groups is 1. The van der Waals surface area contributed by atoms with Crippen LogP contribution in [0, 0.1) is 22.7 Å². The lowest BCUT2D eigenvalue weighted by molar-refractivity contribution is -0.132. The molecule has 0 spiro atoms. The third kappa shape index (κ3) is 0.812. The molecule has 1 nitrogen and oxygen atoms in total. The maximum absolute atomic E-state index is 12.0. The van der Waals surface area contributed by atoms with Gasteiger partial charge in [-0.3, -0.25) is 4.79 Å². The summed E-state index contributed by atoms with van der Waals surface area (Å²) >= 11 is 0. The lowest BCUT2D eigenvalue weighted by Crippen LogP contribution is -2.40. The molecule has 2 aliphatic rings. The molecule has 2 bridgehead atoms. The van der Waals surface area contributed by atoms with Gasteiger partial charge in [0.05, 0.1) is 0 Å². The molecule has 0 N–H and O–H groups in total. The summed E-state index contributed by atoms with van der Waals surface area (Å²) in [5.74, 6) is 1.73. The highest BCUT2D eigenvalue weighted by atomic mass is 16.1. The van der Waals surface area contributed by atoms with Crippen molar-refractivity contribution in [3.05, 3.63) is 0 Å². The van der Waals surface area contributed by atoms with Crippen LogP contribution in [0.3, 0.4) is 0 Å². The summed E-state index contributed by atoms with van der Waals surface area (Å²) in [5.41, 5.74) is 0.288. The van der Waals surface area contributed by atoms with Gasteiger partial charge in [-0.2, -0.15) is 0 Å². The normalized spacial score (nSPS) is 41.9. The van der Waals surface area contributed by atoms with Crippen LogP contribution in [0.25, 0.3) is 0 Å². The highest BCUT2D eigenvalue weighted by Crippen LogP contribution is 2.66. The molecule has 0 aromatic rings. The minimum absolute atomic E-state index is 0.0255. The van der Waals surface area contributed by atoms with Crippen molar-refractivity contribution in [2.75, 3.05) is 0 Å². The van der Waals surface area contributed by atoms with Crippen molar-refractivity contribution < 1.29 is 4.79 Å². The molecule has 2 atom stereocenters. The largest absolute Gasteiger partial charge is 0.299 e. The molecule has 2 fully saturated rings. The van der Waals surface area contributed by atoms with Gasteiger partial charge in [0, 0.05) is 11.8 Å².